The molecule has 2 heterocycles. The van der Waals surface area contributed by atoms with E-state index in [-0.39, 0.29) is 11.7 Å². The average molecular weight is 327 g/mol. The van der Waals surface area contributed by atoms with E-state index in [9.17, 15) is 4.79 Å². The van der Waals surface area contributed by atoms with E-state index in [0.717, 1.165) is 16.9 Å². The van der Waals surface area contributed by atoms with Crippen LogP contribution in [-0.4, -0.2) is 40.7 Å². The number of H-pyrrole nitrogens is 1. The van der Waals surface area contributed by atoms with Gasteiger partial charge in [-0.2, -0.15) is 0 Å². The van der Waals surface area contributed by atoms with Gasteiger partial charge in [-0.25, -0.2) is 9.97 Å². The fourth-order valence-corrected chi connectivity index (χ4v) is 2.74. The van der Waals surface area contributed by atoms with Gasteiger partial charge in [0.2, 0.25) is 5.91 Å². The zero-order chi connectivity index (χ0) is 16.2. The van der Waals surface area contributed by atoms with Crippen LogP contribution in [0.1, 0.15) is 0 Å². The van der Waals surface area contributed by atoms with Gasteiger partial charge in [-0.15, -0.1) is 0 Å². The normalized spacial score (nSPS) is 10.7. The molecular formula is C16H17N5OS. The summed E-state index contributed by atoms with van der Waals surface area (Å²) in [5.41, 5.74) is 3.41. The summed E-state index contributed by atoms with van der Waals surface area (Å²) in [6.45, 7) is 0. The fraction of sp³-hybridized carbons (Fsp3) is 0.188. The number of hydrogen-bond acceptors (Lipinski definition) is 5. The van der Waals surface area contributed by atoms with Crippen LogP contribution in [0.25, 0.3) is 11.2 Å². The van der Waals surface area contributed by atoms with Gasteiger partial charge in [0.05, 0.1) is 11.3 Å². The lowest BCUT2D eigenvalue weighted by atomic mass is 10.2. The number of carbonyl (C=O) groups excluding carboxylic acids is 1. The molecule has 0 saturated heterocycles. The third-order valence-corrected chi connectivity index (χ3v) is 4.12. The quantitative estimate of drug-likeness (QED) is 0.705. The van der Waals surface area contributed by atoms with Crippen molar-refractivity contribution in [2.24, 2.45) is 0 Å². The second-order valence-corrected chi connectivity index (χ2v) is 6.16. The van der Waals surface area contributed by atoms with Crippen molar-refractivity contribution in [3.63, 3.8) is 0 Å². The van der Waals surface area contributed by atoms with Gasteiger partial charge >= 0.3 is 0 Å². The van der Waals surface area contributed by atoms with E-state index in [1.54, 1.807) is 6.20 Å². The minimum Gasteiger partial charge on any atom is -0.378 e. The minimum absolute atomic E-state index is 0.0685. The Kier molecular flexibility index (Phi) is 4.47. The smallest absolute Gasteiger partial charge is 0.234 e. The molecule has 0 aliphatic rings. The Balaban J connectivity index is 1.56. The molecule has 0 spiro atoms. The van der Waals surface area contributed by atoms with E-state index in [1.807, 2.05) is 55.4 Å². The third-order valence-electron chi connectivity index (χ3n) is 3.24. The fourth-order valence-electron chi connectivity index (χ4n) is 2.07. The first-order chi connectivity index (χ1) is 11.1. The van der Waals surface area contributed by atoms with Crippen LogP contribution in [0.4, 0.5) is 11.4 Å². The molecular weight excluding hydrogens is 310 g/mol. The Morgan fingerprint density at radius 2 is 2.04 bits per heavy atom. The third kappa shape index (κ3) is 3.81. The Labute approximate surface area is 138 Å². The summed E-state index contributed by atoms with van der Waals surface area (Å²) in [6.07, 6.45) is 1.70. The van der Waals surface area contributed by atoms with E-state index >= 15 is 0 Å². The molecule has 2 N–H and O–H groups in total. The van der Waals surface area contributed by atoms with E-state index < -0.39 is 0 Å². The molecule has 3 rings (SSSR count). The van der Waals surface area contributed by atoms with Gasteiger partial charge in [-0.05, 0) is 36.4 Å². The first kappa shape index (κ1) is 15.4. The molecule has 1 aromatic carbocycles. The number of thioether (sulfide) groups is 1. The van der Waals surface area contributed by atoms with Crippen molar-refractivity contribution in [1.82, 2.24) is 15.0 Å². The number of nitrogens with zero attached hydrogens (tertiary/aromatic N) is 3. The maximum atomic E-state index is 12.0. The molecule has 2 aromatic heterocycles. The highest BCUT2D eigenvalue weighted by atomic mass is 32.2. The lowest BCUT2D eigenvalue weighted by Gasteiger charge is -2.12. The predicted octanol–water partition coefficient (Wildman–Crippen LogP) is 2.75. The van der Waals surface area contributed by atoms with E-state index in [1.165, 1.54) is 11.8 Å². The van der Waals surface area contributed by atoms with Gasteiger partial charge < -0.3 is 15.2 Å². The van der Waals surface area contributed by atoms with Crippen molar-refractivity contribution in [2.45, 2.75) is 5.16 Å². The molecule has 0 aliphatic heterocycles. The van der Waals surface area contributed by atoms with E-state index in [2.05, 4.69) is 20.3 Å². The molecule has 7 heteroatoms. The van der Waals surface area contributed by atoms with Crippen molar-refractivity contribution in [3.8, 4) is 0 Å². The van der Waals surface area contributed by atoms with Gasteiger partial charge in [-0.1, -0.05) is 11.8 Å². The van der Waals surface area contributed by atoms with Crippen molar-refractivity contribution in [1.29, 1.82) is 0 Å². The van der Waals surface area contributed by atoms with Crippen LogP contribution in [0.2, 0.25) is 0 Å². The number of hydrogen-bond donors (Lipinski definition) is 2. The number of aromatic nitrogens is 3. The van der Waals surface area contributed by atoms with Crippen LogP contribution >= 0.6 is 11.8 Å². The lowest BCUT2D eigenvalue weighted by Crippen LogP contribution is -2.14. The number of imidazole rings is 1. The molecule has 0 unspecified atom stereocenters. The van der Waals surface area contributed by atoms with Gasteiger partial charge in [-0.3, -0.25) is 4.79 Å². The highest BCUT2D eigenvalue weighted by Gasteiger charge is 2.08. The summed E-state index contributed by atoms with van der Waals surface area (Å²) >= 11 is 1.35. The Morgan fingerprint density at radius 3 is 2.74 bits per heavy atom. The molecule has 0 aliphatic carbocycles. The number of benzene rings is 1. The maximum absolute atomic E-state index is 12.0. The highest BCUT2D eigenvalue weighted by Crippen LogP contribution is 2.19. The predicted molar refractivity (Wildman–Crippen MR) is 94.0 cm³/mol. The summed E-state index contributed by atoms with van der Waals surface area (Å²) in [5, 5.41) is 3.57. The standard InChI is InChI=1S/C16H17N5OS/c1-21(2)12-7-5-11(6-8-12)18-14(22)10-23-16-19-13-4-3-9-17-15(13)20-16/h3-9H,10H2,1-2H3,(H,18,22)(H,17,19,20). The molecule has 3 aromatic rings. The number of nitrogens with one attached hydrogen (secondary N) is 2. The second kappa shape index (κ2) is 6.70. The van der Waals surface area contributed by atoms with Crippen molar-refractivity contribution < 1.29 is 4.79 Å². The van der Waals surface area contributed by atoms with Gasteiger partial charge in [0.25, 0.3) is 0 Å². The van der Waals surface area contributed by atoms with Crippen molar-refractivity contribution in [2.75, 3.05) is 30.1 Å². The SMILES string of the molecule is CN(C)c1ccc(NC(=O)CSc2nc3ncccc3[nH]2)cc1. The molecule has 0 atom stereocenters. The number of carbonyl (C=O) groups is 1. The highest BCUT2D eigenvalue weighted by molar-refractivity contribution is 7.99. The van der Waals surface area contributed by atoms with Crippen molar-refractivity contribution >= 4 is 40.2 Å². The first-order valence-electron chi connectivity index (χ1n) is 7.12. The first-order valence-corrected chi connectivity index (χ1v) is 8.11. The summed E-state index contributed by atoms with van der Waals surface area (Å²) in [7, 11) is 3.96. The number of anilines is 2. The number of pyridine rings is 1. The van der Waals surface area contributed by atoms with Crippen LogP contribution in [0.5, 0.6) is 0 Å². The molecule has 1 amide bonds. The Hall–Kier alpha value is -2.54. The summed E-state index contributed by atoms with van der Waals surface area (Å²) in [6, 6.07) is 11.5. The Morgan fingerprint density at radius 1 is 1.26 bits per heavy atom. The molecule has 6 nitrogen and oxygen atoms in total. The molecule has 23 heavy (non-hydrogen) atoms. The molecule has 0 saturated carbocycles. The number of amides is 1. The van der Waals surface area contributed by atoms with Crippen molar-refractivity contribution in [3.05, 3.63) is 42.6 Å². The minimum atomic E-state index is -0.0685. The molecule has 118 valence electrons. The topological polar surface area (TPSA) is 73.9 Å². The molecule has 0 fully saturated rings. The number of aromatic amines is 1. The van der Waals surface area contributed by atoms with Gasteiger partial charge in [0.15, 0.2) is 10.8 Å². The summed E-state index contributed by atoms with van der Waals surface area (Å²) in [4.78, 5) is 25.7. The molecule has 0 bridgehead atoms. The second-order valence-electron chi connectivity index (χ2n) is 5.19. The Bertz CT molecular complexity index is 780. The van der Waals surface area contributed by atoms with Crippen LogP contribution in [0.3, 0.4) is 0 Å². The maximum Gasteiger partial charge on any atom is 0.234 e. The zero-order valence-electron chi connectivity index (χ0n) is 12.9. The average Bonchev–Trinajstić information content (AvgIpc) is 2.96. The van der Waals surface area contributed by atoms with Crippen LogP contribution in [0, 0.1) is 0 Å². The summed E-state index contributed by atoms with van der Waals surface area (Å²) < 4.78 is 0. The van der Waals surface area contributed by atoms with Gasteiger partial charge in [0, 0.05) is 31.7 Å². The monoisotopic (exact) mass is 327 g/mol. The number of fused-ring (bicyclic) bond motifs is 1. The lowest BCUT2D eigenvalue weighted by molar-refractivity contribution is -0.113. The van der Waals surface area contributed by atoms with E-state index in [0.29, 0.717) is 10.8 Å². The largest absolute Gasteiger partial charge is 0.378 e. The summed E-state index contributed by atoms with van der Waals surface area (Å²) in [5.74, 6) is 0.218. The van der Waals surface area contributed by atoms with Crippen LogP contribution in [-0.2, 0) is 4.79 Å². The van der Waals surface area contributed by atoms with E-state index in [4.69, 9.17) is 0 Å². The van der Waals surface area contributed by atoms with Crippen LogP contribution in [0.15, 0.2) is 47.8 Å². The van der Waals surface area contributed by atoms with Crippen LogP contribution < -0.4 is 10.2 Å². The zero-order valence-corrected chi connectivity index (χ0v) is 13.7. The van der Waals surface area contributed by atoms with Gasteiger partial charge in [0.1, 0.15) is 0 Å². The number of rotatable bonds is 5. The molecule has 0 radical (unpaired) electrons.